The van der Waals surface area contributed by atoms with Crippen molar-refractivity contribution < 1.29 is 14.5 Å². The Balaban J connectivity index is 1.97. The van der Waals surface area contributed by atoms with Crippen LogP contribution in [0.15, 0.2) is 41.2 Å². The highest BCUT2D eigenvalue weighted by molar-refractivity contribution is 5.95. The third-order valence-electron chi connectivity index (χ3n) is 4.39. The molecular weight excluding hydrogens is 360 g/mol. The standard InChI is InChI=1S/C19H20N6O3/c1-2-25-17-13(27-10-6-9-26)11-21-14(12-7-4-3-5-8-12)15(17)22-19(25)16-18(20)24-28-23-16/h3-5,7-8,11,26H,2,6,9-10H2,1H3,(H2,20,24). The molecule has 0 bridgehead atoms. The maximum Gasteiger partial charge on any atom is 0.199 e. The predicted octanol–water partition coefficient (Wildman–Crippen LogP) is 2.51. The van der Waals surface area contributed by atoms with Gasteiger partial charge in [-0.3, -0.25) is 0 Å². The molecule has 4 aromatic rings. The number of benzene rings is 1. The summed E-state index contributed by atoms with van der Waals surface area (Å²) >= 11 is 0. The quantitative estimate of drug-likeness (QED) is 0.469. The van der Waals surface area contributed by atoms with E-state index in [0.29, 0.717) is 42.4 Å². The zero-order valence-electron chi connectivity index (χ0n) is 15.4. The van der Waals surface area contributed by atoms with Gasteiger partial charge >= 0.3 is 0 Å². The molecule has 0 fully saturated rings. The van der Waals surface area contributed by atoms with Crippen molar-refractivity contribution in [2.24, 2.45) is 0 Å². The van der Waals surface area contributed by atoms with E-state index in [0.717, 1.165) is 16.8 Å². The van der Waals surface area contributed by atoms with Crippen LogP contribution in [-0.2, 0) is 6.54 Å². The van der Waals surface area contributed by atoms with Gasteiger partial charge in [0.15, 0.2) is 23.1 Å². The Morgan fingerprint density at radius 3 is 2.68 bits per heavy atom. The number of rotatable bonds is 7. The summed E-state index contributed by atoms with van der Waals surface area (Å²) in [6.45, 7) is 3.02. The number of aliphatic hydroxyl groups excluding tert-OH is 1. The van der Waals surface area contributed by atoms with Crippen LogP contribution < -0.4 is 10.5 Å². The van der Waals surface area contributed by atoms with Crippen LogP contribution in [0, 0.1) is 0 Å². The van der Waals surface area contributed by atoms with Gasteiger partial charge in [0.1, 0.15) is 11.0 Å². The van der Waals surface area contributed by atoms with Gasteiger partial charge < -0.3 is 20.1 Å². The van der Waals surface area contributed by atoms with E-state index in [9.17, 15) is 0 Å². The fourth-order valence-electron chi connectivity index (χ4n) is 3.11. The molecule has 0 radical (unpaired) electrons. The maximum atomic E-state index is 9.06. The first-order valence-corrected chi connectivity index (χ1v) is 9.01. The van der Waals surface area contributed by atoms with E-state index in [4.69, 9.17) is 25.2 Å². The Morgan fingerprint density at radius 2 is 2.00 bits per heavy atom. The number of anilines is 1. The summed E-state index contributed by atoms with van der Waals surface area (Å²) < 4.78 is 12.6. The van der Waals surface area contributed by atoms with Crippen molar-refractivity contribution in [1.29, 1.82) is 0 Å². The van der Waals surface area contributed by atoms with Crippen molar-refractivity contribution in [2.45, 2.75) is 19.9 Å². The van der Waals surface area contributed by atoms with Crippen molar-refractivity contribution >= 4 is 16.9 Å². The summed E-state index contributed by atoms with van der Waals surface area (Å²) in [6, 6.07) is 9.80. The predicted molar refractivity (Wildman–Crippen MR) is 104 cm³/mol. The third-order valence-corrected chi connectivity index (χ3v) is 4.39. The topological polar surface area (TPSA) is 125 Å². The van der Waals surface area contributed by atoms with Crippen LogP contribution in [0.25, 0.3) is 33.8 Å². The van der Waals surface area contributed by atoms with Gasteiger partial charge in [-0.15, -0.1) is 0 Å². The SMILES string of the molecule is CCn1c(-c2nonc2N)nc2c(-c3ccccc3)ncc(OCCCO)c21. The molecule has 0 aliphatic rings. The van der Waals surface area contributed by atoms with Crippen LogP contribution in [0.1, 0.15) is 13.3 Å². The van der Waals surface area contributed by atoms with Crippen LogP contribution in [0.5, 0.6) is 5.75 Å². The number of ether oxygens (including phenoxy) is 1. The number of imidazole rings is 1. The van der Waals surface area contributed by atoms with Gasteiger partial charge in [-0.1, -0.05) is 30.3 Å². The highest BCUT2D eigenvalue weighted by atomic mass is 16.6. The smallest absolute Gasteiger partial charge is 0.199 e. The Labute approximate surface area is 160 Å². The number of pyridine rings is 1. The molecule has 3 N–H and O–H groups in total. The number of aryl methyl sites for hydroxylation is 1. The molecule has 0 saturated carbocycles. The molecule has 0 aliphatic carbocycles. The number of aliphatic hydroxyl groups is 1. The van der Waals surface area contributed by atoms with Crippen LogP contribution in [0.2, 0.25) is 0 Å². The number of nitrogen functional groups attached to an aromatic ring is 1. The number of hydrogen-bond donors (Lipinski definition) is 2. The molecule has 1 aromatic carbocycles. The van der Waals surface area contributed by atoms with E-state index < -0.39 is 0 Å². The molecule has 0 unspecified atom stereocenters. The molecule has 9 nitrogen and oxygen atoms in total. The van der Waals surface area contributed by atoms with Crippen molar-refractivity contribution in [3.05, 3.63) is 36.5 Å². The van der Waals surface area contributed by atoms with E-state index in [1.807, 2.05) is 41.8 Å². The normalized spacial score (nSPS) is 11.2. The van der Waals surface area contributed by atoms with Gasteiger partial charge in [0.25, 0.3) is 0 Å². The monoisotopic (exact) mass is 380 g/mol. The molecular formula is C19H20N6O3. The molecule has 28 heavy (non-hydrogen) atoms. The average Bonchev–Trinajstić information content (AvgIpc) is 3.32. The molecule has 3 aromatic heterocycles. The zero-order chi connectivity index (χ0) is 19.5. The van der Waals surface area contributed by atoms with Gasteiger partial charge in [-0.2, -0.15) is 0 Å². The Morgan fingerprint density at radius 1 is 1.18 bits per heavy atom. The van der Waals surface area contributed by atoms with E-state index in [-0.39, 0.29) is 12.4 Å². The molecule has 0 spiro atoms. The van der Waals surface area contributed by atoms with Gasteiger partial charge in [0, 0.05) is 25.1 Å². The number of nitrogens with two attached hydrogens (primary N) is 1. The van der Waals surface area contributed by atoms with Crippen molar-refractivity contribution in [3.63, 3.8) is 0 Å². The number of aromatic nitrogens is 5. The lowest BCUT2D eigenvalue weighted by Crippen LogP contribution is -2.04. The molecule has 0 amide bonds. The van der Waals surface area contributed by atoms with E-state index >= 15 is 0 Å². The Bertz CT molecular complexity index is 1090. The van der Waals surface area contributed by atoms with Gasteiger partial charge in [-0.25, -0.2) is 14.6 Å². The van der Waals surface area contributed by atoms with Crippen LogP contribution >= 0.6 is 0 Å². The molecule has 144 valence electrons. The Kier molecular flexibility index (Phi) is 4.90. The summed E-state index contributed by atoms with van der Waals surface area (Å²) in [5.74, 6) is 1.29. The van der Waals surface area contributed by atoms with Crippen LogP contribution in [0.3, 0.4) is 0 Å². The molecule has 0 saturated heterocycles. The zero-order valence-corrected chi connectivity index (χ0v) is 15.4. The number of nitrogens with zero attached hydrogens (tertiary/aromatic N) is 5. The summed E-state index contributed by atoms with van der Waals surface area (Å²) in [6.07, 6.45) is 2.21. The summed E-state index contributed by atoms with van der Waals surface area (Å²) in [4.78, 5) is 9.37. The van der Waals surface area contributed by atoms with Crippen molar-refractivity contribution in [2.75, 3.05) is 18.9 Å². The summed E-state index contributed by atoms with van der Waals surface area (Å²) in [5.41, 5.74) is 9.41. The summed E-state index contributed by atoms with van der Waals surface area (Å²) in [7, 11) is 0. The Hall–Kier alpha value is -3.46. The first-order valence-electron chi connectivity index (χ1n) is 9.01. The largest absolute Gasteiger partial charge is 0.490 e. The fraction of sp³-hybridized carbons (Fsp3) is 0.263. The number of hydrogen-bond acceptors (Lipinski definition) is 8. The minimum atomic E-state index is 0.0537. The second kappa shape index (κ2) is 7.65. The first-order chi connectivity index (χ1) is 13.7. The van der Waals surface area contributed by atoms with Gasteiger partial charge in [-0.05, 0) is 17.2 Å². The second-order valence-corrected chi connectivity index (χ2v) is 6.14. The second-order valence-electron chi connectivity index (χ2n) is 6.14. The van der Waals surface area contributed by atoms with Crippen molar-refractivity contribution in [3.8, 4) is 28.5 Å². The molecule has 3 heterocycles. The maximum absolute atomic E-state index is 9.06. The van der Waals surface area contributed by atoms with Crippen LogP contribution in [-0.4, -0.2) is 43.2 Å². The van der Waals surface area contributed by atoms with Crippen LogP contribution in [0.4, 0.5) is 5.82 Å². The number of fused-ring (bicyclic) bond motifs is 1. The molecule has 9 heteroatoms. The minimum Gasteiger partial charge on any atom is -0.490 e. The lowest BCUT2D eigenvalue weighted by atomic mass is 10.1. The fourth-order valence-corrected chi connectivity index (χ4v) is 3.11. The van der Waals surface area contributed by atoms with E-state index in [2.05, 4.69) is 15.3 Å². The highest BCUT2D eigenvalue weighted by Gasteiger charge is 2.23. The lowest BCUT2D eigenvalue weighted by Gasteiger charge is -2.11. The highest BCUT2D eigenvalue weighted by Crippen LogP contribution is 2.36. The van der Waals surface area contributed by atoms with Crippen molar-refractivity contribution in [1.82, 2.24) is 24.8 Å². The lowest BCUT2D eigenvalue weighted by molar-refractivity contribution is 0.234. The average molecular weight is 380 g/mol. The van der Waals surface area contributed by atoms with E-state index in [1.54, 1.807) is 6.20 Å². The molecule has 4 rings (SSSR count). The van der Waals surface area contributed by atoms with Gasteiger partial charge in [0.2, 0.25) is 0 Å². The molecule has 0 atom stereocenters. The first kappa shape index (κ1) is 17.9. The summed E-state index contributed by atoms with van der Waals surface area (Å²) in [5, 5.41) is 16.6. The van der Waals surface area contributed by atoms with E-state index in [1.165, 1.54) is 0 Å². The van der Waals surface area contributed by atoms with Gasteiger partial charge in [0.05, 0.1) is 18.5 Å². The third kappa shape index (κ3) is 3.05. The minimum absolute atomic E-state index is 0.0537. The molecule has 0 aliphatic heterocycles.